The lowest BCUT2D eigenvalue weighted by molar-refractivity contribution is 0.194. The van der Waals surface area contributed by atoms with Crippen LogP contribution in [0.3, 0.4) is 0 Å². The third-order valence-corrected chi connectivity index (χ3v) is 3.48. The minimum atomic E-state index is -0.606. The van der Waals surface area contributed by atoms with Crippen LogP contribution < -0.4 is 4.74 Å². The van der Waals surface area contributed by atoms with Crippen LogP contribution in [-0.4, -0.2) is 10.1 Å². The number of hydrogen-bond donors (Lipinski definition) is 1. The maximum absolute atomic E-state index is 9.65. The predicted molar refractivity (Wildman–Crippen MR) is 73.8 cm³/mol. The lowest BCUT2D eigenvalue weighted by Crippen LogP contribution is -1.98. The van der Waals surface area contributed by atoms with E-state index in [0.717, 1.165) is 10.0 Å². The van der Waals surface area contributed by atoms with E-state index in [9.17, 15) is 5.11 Å². The Labute approximate surface area is 115 Å². The molecule has 2 rings (SSSR count). The fourth-order valence-electron chi connectivity index (χ4n) is 1.60. The van der Waals surface area contributed by atoms with Gasteiger partial charge in [-0.15, -0.1) is 0 Å². The number of halogens is 1. The fourth-order valence-corrected chi connectivity index (χ4v) is 1.85. The number of aliphatic hydroxyl groups is 1. The summed E-state index contributed by atoms with van der Waals surface area (Å²) in [5.41, 5.74) is 1.76. The van der Waals surface area contributed by atoms with Gasteiger partial charge in [-0.25, -0.2) is 4.98 Å². The Morgan fingerprint density at radius 1 is 1.33 bits per heavy atom. The predicted octanol–water partition coefficient (Wildman–Crippen LogP) is 4.00. The van der Waals surface area contributed by atoms with Crippen molar-refractivity contribution >= 4 is 15.9 Å². The maximum Gasteiger partial charge on any atom is 0.225 e. The monoisotopic (exact) mass is 307 g/mol. The largest absolute Gasteiger partial charge is 0.439 e. The Hall–Kier alpha value is -1.39. The van der Waals surface area contributed by atoms with E-state index < -0.39 is 6.10 Å². The van der Waals surface area contributed by atoms with Gasteiger partial charge in [-0.2, -0.15) is 0 Å². The molecule has 3 nitrogen and oxygen atoms in total. The lowest BCUT2D eigenvalue weighted by atomic mass is 10.2. The summed E-state index contributed by atoms with van der Waals surface area (Å²) in [6, 6.07) is 9.29. The van der Waals surface area contributed by atoms with Crippen molar-refractivity contribution in [3.63, 3.8) is 0 Å². The topological polar surface area (TPSA) is 42.4 Å². The molecule has 0 aliphatic carbocycles. The molecule has 1 atom stereocenters. The van der Waals surface area contributed by atoms with E-state index in [1.54, 1.807) is 25.3 Å². The van der Waals surface area contributed by atoms with E-state index in [0.29, 0.717) is 17.2 Å². The molecule has 94 valence electrons. The molecule has 0 radical (unpaired) electrons. The SMILES string of the molecule is Cc1cc(Oc2ncccc2C(C)O)ccc1Br. The van der Waals surface area contributed by atoms with Crippen molar-refractivity contribution in [3.05, 3.63) is 52.1 Å². The first kappa shape index (κ1) is 13.1. The summed E-state index contributed by atoms with van der Waals surface area (Å²) >= 11 is 3.44. The van der Waals surface area contributed by atoms with Gasteiger partial charge in [-0.3, -0.25) is 0 Å². The van der Waals surface area contributed by atoms with Crippen molar-refractivity contribution in [1.82, 2.24) is 4.98 Å². The molecule has 1 aromatic carbocycles. The van der Waals surface area contributed by atoms with Gasteiger partial charge in [0, 0.05) is 16.2 Å². The quantitative estimate of drug-likeness (QED) is 0.932. The highest BCUT2D eigenvalue weighted by atomic mass is 79.9. The number of aromatic nitrogens is 1. The molecular weight excluding hydrogens is 294 g/mol. The number of ether oxygens (including phenoxy) is 1. The van der Waals surface area contributed by atoms with E-state index in [2.05, 4.69) is 20.9 Å². The summed E-state index contributed by atoms with van der Waals surface area (Å²) in [6.07, 6.45) is 1.04. The van der Waals surface area contributed by atoms with Crippen LogP contribution in [0, 0.1) is 6.92 Å². The highest BCUT2D eigenvalue weighted by Crippen LogP contribution is 2.29. The van der Waals surface area contributed by atoms with Gasteiger partial charge in [0.2, 0.25) is 5.88 Å². The smallest absolute Gasteiger partial charge is 0.225 e. The molecule has 0 saturated carbocycles. The van der Waals surface area contributed by atoms with E-state index in [4.69, 9.17) is 4.74 Å². The number of rotatable bonds is 3. The second-order valence-corrected chi connectivity index (χ2v) is 4.94. The van der Waals surface area contributed by atoms with Crippen molar-refractivity contribution in [1.29, 1.82) is 0 Å². The number of pyridine rings is 1. The minimum absolute atomic E-state index is 0.439. The average Bonchev–Trinajstić information content (AvgIpc) is 2.34. The summed E-state index contributed by atoms with van der Waals surface area (Å²) in [5.74, 6) is 1.14. The molecule has 4 heteroatoms. The summed E-state index contributed by atoms with van der Waals surface area (Å²) in [4.78, 5) is 4.15. The summed E-state index contributed by atoms with van der Waals surface area (Å²) < 4.78 is 6.75. The van der Waals surface area contributed by atoms with Gasteiger partial charge in [0.15, 0.2) is 0 Å². The number of hydrogen-bond acceptors (Lipinski definition) is 3. The van der Waals surface area contributed by atoms with Crippen LogP contribution in [0.15, 0.2) is 41.0 Å². The van der Waals surface area contributed by atoms with E-state index in [1.807, 2.05) is 25.1 Å². The molecule has 1 heterocycles. The van der Waals surface area contributed by atoms with Crippen LogP contribution in [0.5, 0.6) is 11.6 Å². The van der Waals surface area contributed by atoms with Crippen LogP contribution in [0.4, 0.5) is 0 Å². The van der Waals surface area contributed by atoms with Crippen molar-refractivity contribution in [3.8, 4) is 11.6 Å². The van der Waals surface area contributed by atoms with Crippen LogP contribution in [-0.2, 0) is 0 Å². The van der Waals surface area contributed by atoms with Gasteiger partial charge in [-0.1, -0.05) is 15.9 Å². The van der Waals surface area contributed by atoms with Gasteiger partial charge < -0.3 is 9.84 Å². The van der Waals surface area contributed by atoms with Crippen molar-refractivity contribution < 1.29 is 9.84 Å². The van der Waals surface area contributed by atoms with E-state index in [-0.39, 0.29) is 0 Å². The highest BCUT2D eigenvalue weighted by molar-refractivity contribution is 9.10. The zero-order valence-corrected chi connectivity index (χ0v) is 11.8. The third kappa shape index (κ3) is 2.89. The number of benzene rings is 1. The van der Waals surface area contributed by atoms with Crippen molar-refractivity contribution in [2.75, 3.05) is 0 Å². The second-order valence-electron chi connectivity index (χ2n) is 4.09. The molecule has 1 aromatic heterocycles. The Bertz CT molecular complexity index is 555. The molecule has 0 saturated heterocycles. The zero-order valence-electron chi connectivity index (χ0n) is 10.2. The summed E-state index contributed by atoms with van der Waals surface area (Å²) in [7, 11) is 0. The third-order valence-electron chi connectivity index (χ3n) is 2.59. The van der Waals surface area contributed by atoms with Gasteiger partial charge in [0.05, 0.1) is 6.10 Å². The van der Waals surface area contributed by atoms with Gasteiger partial charge >= 0.3 is 0 Å². The number of aliphatic hydroxyl groups excluding tert-OH is 1. The molecule has 0 aliphatic rings. The second kappa shape index (κ2) is 5.50. The first-order chi connectivity index (χ1) is 8.58. The van der Waals surface area contributed by atoms with Crippen molar-refractivity contribution in [2.24, 2.45) is 0 Å². The minimum Gasteiger partial charge on any atom is -0.439 e. The lowest BCUT2D eigenvalue weighted by Gasteiger charge is -2.12. The van der Waals surface area contributed by atoms with Gasteiger partial charge in [0.25, 0.3) is 0 Å². The van der Waals surface area contributed by atoms with E-state index >= 15 is 0 Å². The zero-order chi connectivity index (χ0) is 13.1. The van der Waals surface area contributed by atoms with Gasteiger partial charge in [0.1, 0.15) is 5.75 Å². The van der Waals surface area contributed by atoms with E-state index in [1.165, 1.54) is 0 Å². The normalized spacial score (nSPS) is 12.2. The van der Waals surface area contributed by atoms with Crippen LogP contribution in [0.25, 0.3) is 0 Å². The van der Waals surface area contributed by atoms with Crippen LogP contribution in [0.1, 0.15) is 24.2 Å². The maximum atomic E-state index is 9.65. The molecular formula is C14H14BrNO2. The molecule has 0 amide bonds. The molecule has 0 spiro atoms. The van der Waals surface area contributed by atoms with Crippen LogP contribution >= 0.6 is 15.9 Å². The fraction of sp³-hybridized carbons (Fsp3) is 0.214. The Kier molecular flexibility index (Phi) is 3.99. The average molecular weight is 308 g/mol. The Morgan fingerprint density at radius 3 is 2.78 bits per heavy atom. The summed E-state index contributed by atoms with van der Waals surface area (Å²) in [5, 5.41) is 9.65. The summed E-state index contributed by atoms with van der Waals surface area (Å²) in [6.45, 7) is 3.68. The standard InChI is InChI=1S/C14H14BrNO2/c1-9-8-11(5-6-13(9)15)18-14-12(10(2)17)4-3-7-16-14/h3-8,10,17H,1-2H3. The molecule has 1 N–H and O–H groups in total. The van der Waals surface area contributed by atoms with Crippen LogP contribution in [0.2, 0.25) is 0 Å². The number of nitrogens with zero attached hydrogens (tertiary/aromatic N) is 1. The van der Waals surface area contributed by atoms with Gasteiger partial charge in [-0.05, 0) is 49.7 Å². The Morgan fingerprint density at radius 2 is 2.11 bits per heavy atom. The molecule has 18 heavy (non-hydrogen) atoms. The van der Waals surface area contributed by atoms with Crippen molar-refractivity contribution in [2.45, 2.75) is 20.0 Å². The number of aryl methyl sites for hydroxylation is 1. The first-order valence-electron chi connectivity index (χ1n) is 5.65. The molecule has 0 fully saturated rings. The molecule has 0 aliphatic heterocycles. The first-order valence-corrected chi connectivity index (χ1v) is 6.44. The molecule has 0 bridgehead atoms. The molecule has 2 aromatic rings. The molecule has 1 unspecified atom stereocenters. The highest BCUT2D eigenvalue weighted by Gasteiger charge is 2.11. The Balaban J connectivity index is 2.31.